The molecule has 1 aromatic carbocycles. The number of hydrogen-bond donors (Lipinski definition) is 1. The third-order valence-corrected chi connectivity index (χ3v) is 2.47. The van der Waals surface area contributed by atoms with Crippen LogP contribution in [0, 0.1) is 21.4 Å². The smallest absolute Gasteiger partial charge is 0.312 e. The topological polar surface area (TPSA) is 114 Å². The molecule has 0 heterocycles. The van der Waals surface area contributed by atoms with Gasteiger partial charge in [-0.15, -0.1) is 0 Å². The van der Waals surface area contributed by atoms with Crippen LogP contribution in [0.4, 0.5) is 5.69 Å². The van der Waals surface area contributed by atoms with E-state index in [4.69, 9.17) is 14.7 Å². The number of carbonyl (C=O) groups is 1. The first kappa shape index (κ1) is 16.4. The van der Waals surface area contributed by atoms with E-state index in [1.807, 2.05) is 0 Å². The van der Waals surface area contributed by atoms with Crippen LogP contribution in [0.2, 0.25) is 0 Å². The van der Waals surface area contributed by atoms with Crippen LogP contribution in [0.3, 0.4) is 0 Å². The summed E-state index contributed by atoms with van der Waals surface area (Å²) >= 11 is 0. The molecule has 1 rings (SSSR count). The third kappa shape index (κ3) is 5.08. The Hall–Kier alpha value is -2.66. The van der Waals surface area contributed by atoms with Crippen LogP contribution in [0.15, 0.2) is 18.2 Å². The Morgan fingerprint density at radius 2 is 2.29 bits per heavy atom. The Morgan fingerprint density at radius 1 is 1.57 bits per heavy atom. The molecular formula is C13H15N3O5. The molecule has 0 saturated carbocycles. The Bertz CT molecular complexity index is 567. The highest BCUT2D eigenvalue weighted by atomic mass is 16.6. The van der Waals surface area contributed by atoms with E-state index in [1.165, 1.54) is 19.2 Å². The van der Waals surface area contributed by atoms with E-state index in [9.17, 15) is 14.9 Å². The summed E-state index contributed by atoms with van der Waals surface area (Å²) in [6.07, 6.45) is 0. The van der Waals surface area contributed by atoms with E-state index < -0.39 is 10.8 Å². The van der Waals surface area contributed by atoms with Gasteiger partial charge in [0.25, 0.3) is 5.91 Å². The molecular weight excluding hydrogens is 278 g/mol. The van der Waals surface area contributed by atoms with Crippen LogP contribution in [-0.4, -0.2) is 37.2 Å². The quantitative estimate of drug-likeness (QED) is 0.592. The van der Waals surface area contributed by atoms with Crippen molar-refractivity contribution in [3.05, 3.63) is 33.9 Å². The first-order valence-corrected chi connectivity index (χ1v) is 6.07. The van der Waals surface area contributed by atoms with Crippen molar-refractivity contribution in [2.75, 3.05) is 20.3 Å². The van der Waals surface area contributed by atoms with Gasteiger partial charge >= 0.3 is 5.69 Å². The second-order valence-electron chi connectivity index (χ2n) is 4.26. The van der Waals surface area contributed by atoms with Gasteiger partial charge in [0, 0.05) is 19.2 Å². The molecule has 21 heavy (non-hydrogen) atoms. The van der Waals surface area contributed by atoms with Crippen molar-refractivity contribution in [1.82, 2.24) is 5.32 Å². The molecule has 0 bridgehead atoms. The number of nitro groups is 1. The fraction of sp³-hybridized carbons (Fsp3) is 0.385. The lowest BCUT2D eigenvalue weighted by atomic mass is 10.2. The summed E-state index contributed by atoms with van der Waals surface area (Å²) in [5.41, 5.74) is -0.209. The molecule has 1 unspecified atom stereocenters. The van der Waals surface area contributed by atoms with E-state index in [0.717, 1.165) is 6.07 Å². The van der Waals surface area contributed by atoms with Gasteiger partial charge in [0.05, 0.1) is 23.2 Å². The first-order chi connectivity index (χ1) is 9.97. The molecule has 1 amide bonds. The minimum Gasteiger partial charge on any atom is -0.477 e. The van der Waals surface area contributed by atoms with Crippen molar-refractivity contribution in [3.8, 4) is 11.8 Å². The van der Waals surface area contributed by atoms with Crippen LogP contribution in [0.5, 0.6) is 5.75 Å². The van der Waals surface area contributed by atoms with Crippen molar-refractivity contribution >= 4 is 11.6 Å². The number of amides is 1. The maximum atomic E-state index is 11.6. The van der Waals surface area contributed by atoms with E-state index >= 15 is 0 Å². The maximum absolute atomic E-state index is 11.6. The highest BCUT2D eigenvalue weighted by Crippen LogP contribution is 2.27. The van der Waals surface area contributed by atoms with Crippen LogP contribution >= 0.6 is 0 Å². The van der Waals surface area contributed by atoms with Gasteiger partial charge in [0.15, 0.2) is 12.4 Å². The number of benzene rings is 1. The molecule has 0 spiro atoms. The van der Waals surface area contributed by atoms with Crippen LogP contribution in [0.1, 0.15) is 12.5 Å². The summed E-state index contributed by atoms with van der Waals surface area (Å²) in [6.45, 7) is 1.75. The van der Waals surface area contributed by atoms with Crippen molar-refractivity contribution in [1.29, 1.82) is 5.26 Å². The third-order valence-electron chi connectivity index (χ3n) is 2.47. The summed E-state index contributed by atoms with van der Waals surface area (Å²) < 4.78 is 10.0. The number of methoxy groups -OCH3 is 1. The van der Waals surface area contributed by atoms with Crippen LogP contribution < -0.4 is 10.1 Å². The molecule has 1 N–H and O–H groups in total. The number of nitrogens with one attached hydrogen (secondary N) is 1. The van der Waals surface area contributed by atoms with E-state index in [2.05, 4.69) is 5.32 Å². The van der Waals surface area contributed by atoms with Crippen LogP contribution in [-0.2, 0) is 9.53 Å². The molecule has 1 atom stereocenters. The van der Waals surface area contributed by atoms with Crippen LogP contribution in [0.25, 0.3) is 0 Å². The summed E-state index contributed by atoms with van der Waals surface area (Å²) in [5, 5.41) is 22.2. The highest BCUT2D eigenvalue weighted by Gasteiger charge is 2.17. The SMILES string of the molecule is COCC(C)NC(=O)COc1ccc(C#N)cc1[N+](=O)[O-]. The first-order valence-electron chi connectivity index (χ1n) is 6.07. The minimum atomic E-state index is -0.665. The molecule has 0 aromatic heterocycles. The fourth-order valence-corrected chi connectivity index (χ4v) is 1.60. The zero-order valence-corrected chi connectivity index (χ0v) is 11.7. The van der Waals surface area contributed by atoms with E-state index in [-0.39, 0.29) is 29.6 Å². The molecule has 8 nitrogen and oxygen atoms in total. The largest absolute Gasteiger partial charge is 0.477 e. The zero-order chi connectivity index (χ0) is 15.8. The van der Waals surface area contributed by atoms with Gasteiger partial charge in [-0.2, -0.15) is 5.26 Å². The zero-order valence-electron chi connectivity index (χ0n) is 11.7. The Morgan fingerprint density at radius 3 is 2.86 bits per heavy atom. The number of ether oxygens (including phenoxy) is 2. The second kappa shape index (κ2) is 7.81. The summed E-state index contributed by atoms with van der Waals surface area (Å²) in [6, 6.07) is 5.38. The molecule has 0 aliphatic carbocycles. The number of nitro benzene ring substituents is 1. The van der Waals surface area contributed by atoms with Gasteiger partial charge < -0.3 is 14.8 Å². The van der Waals surface area contributed by atoms with Gasteiger partial charge in [-0.25, -0.2) is 0 Å². The minimum absolute atomic E-state index is 0.0615. The predicted octanol–water partition coefficient (Wildman–Crippen LogP) is 0.996. The molecule has 112 valence electrons. The van der Waals surface area contributed by atoms with Gasteiger partial charge in [-0.3, -0.25) is 14.9 Å². The second-order valence-corrected chi connectivity index (χ2v) is 4.26. The molecule has 0 saturated heterocycles. The van der Waals surface area contributed by atoms with Gasteiger partial charge in [0.2, 0.25) is 0 Å². The average Bonchev–Trinajstić information content (AvgIpc) is 2.45. The van der Waals surface area contributed by atoms with Gasteiger partial charge in [-0.1, -0.05) is 0 Å². The highest BCUT2D eigenvalue weighted by molar-refractivity contribution is 5.78. The van der Waals surface area contributed by atoms with Crippen molar-refractivity contribution in [2.24, 2.45) is 0 Å². The number of rotatable bonds is 7. The Kier molecular flexibility index (Phi) is 6.10. The predicted molar refractivity (Wildman–Crippen MR) is 72.8 cm³/mol. The molecule has 0 fully saturated rings. The number of nitrogens with zero attached hydrogens (tertiary/aromatic N) is 2. The van der Waals surface area contributed by atoms with Crippen molar-refractivity contribution in [2.45, 2.75) is 13.0 Å². The maximum Gasteiger partial charge on any atom is 0.312 e. The standard InChI is InChI=1S/C13H15N3O5/c1-9(7-20-2)15-13(17)8-21-12-4-3-10(6-14)5-11(12)16(18)19/h3-5,9H,7-8H2,1-2H3,(H,15,17). The lowest BCUT2D eigenvalue weighted by Gasteiger charge is -2.13. The molecule has 0 aliphatic rings. The van der Waals surface area contributed by atoms with Crippen molar-refractivity contribution < 1.29 is 19.2 Å². The van der Waals surface area contributed by atoms with E-state index in [0.29, 0.717) is 6.61 Å². The van der Waals surface area contributed by atoms with Gasteiger partial charge in [-0.05, 0) is 19.1 Å². The lowest BCUT2D eigenvalue weighted by molar-refractivity contribution is -0.385. The molecule has 0 aliphatic heterocycles. The molecule has 8 heteroatoms. The number of carbonyl (C=O) groups excluding carboxylic acids is 1. The van der Waals surface area contributed by atoms with Gasteiger partial charge in [0.1, 0.15) is 0 Å². The number of hydrogen-bond acceptors (Lipinski definition) is 6. The average molecular weight is 293 g/mol. The molecule has 1 aromatic rings. The summed E-state index contributed by atoms with van der Waals surface area (Å²) in [4.78, 5) is 21.8. The summed E-state index contributed by atoms with van der Waals surface area (Å²) in [5.74, 6) is -0.480. The Labute approximate surface area is 121 Å². The normalized spacial score (nSPS) is 11.3. The number of nitriles is 1. The van der Waals surface area contributed by atoms with E-state index in [1.54, 1.807) is 13.0 Å². The Balaban J connectivity index is 2.69. The molecule has 0 radical (unpaired) electrons. The van der Waals surface area contributed by atoms with Crippen molar-refractivity contribution in [3.63, 3.8) is 0 Å². The monoisotopic (exact) mass is 293 g/mol. The fourth-order valence-electron chi connectivity index (χ4n) is 1.60. The lowest BCUT2D eigenvalue weighted by Crippen LogP contribution is -2.38. The summed E-state index contributed by atoms with van der Waals surface area (Å²) in [7, 11) is 1.51.